The highest BCUT2D eigenvalue weighted by Gasteiger charge is 2.19. The first kappa shape index (κ1) is 19.6. The molecular weight excluding hydrogens is 404 g/mol. The fourth-order valence-corrected chi connectivity index (χ4v) is 2.63. The van der Waals surface area contributed by atoms with Gasteiger partial charge >= 0.3 is 5.97 Å². The third kappa shape index (κ3) is 5.66. The number of nitro groups is 1. The van der Waals surface area contributed by atoms with Crippen LogP contribution >= 0.6 is 15.9 Å². The Balaban J connectivity index is 2.08. The lowest BCUT2D eigenvalue weighted by molar-refractivity contribution is -0.384. The molecule has 0 aliphatic rings. The van der Waals surface area contributed by atoms with Gasteiger partial charge < -0.3 is 10.1 Å². The zero-order valence-electron chi connectivity index (χ0n) is 14.0. The van der Waals surface area contributed by atoms with Gasteiger partial charge in [0, 0.05) is 16.6 Å². The van der Waals surface area contributed by atoms with Gasteiger partial charge in [-0.05, 0) is 23.3 Å². The van der Waals surface area contributed by atoms with Crippen LogP contribution in [0.4, 0.5) is 5.69 Å². The minimum absolute atomic E-state index is 0.00410. The molecular formula is C18H17BrN2O5. The third-order valence-corrected chi connectivity index (χ3v) is 4.25. The Bertz CT molecular complexity index is 790. The van der Waals surface area contributed by atoms with Gasteiger partial charge in [0.1, 0.15) is 0 Å². The summed E-state index contributed by atoms with van der Waals surface area (Å²) in [5.74, 6) is -0.732. The number of nitrogens with zero attached hydrogens (tertiary/aromatic N) is 1. The summed E-state index contributed by atoms with van der Waals surface area (Å²) in [6, 6.07) is 12.5. The van der Waals surface area contributed by atoms with Gasteiger partial charge in [0.2, 0.25) is 5.91 Å². The van der Waals surface area contributed by atoms with Crippen LogP contribution in [0.2, 0.25) is 0 Å². The van der Waals surface area contributed by atoms with Crippen molar-refractivity contribution in [3.63, 3.8) is 0 Å². The topological polar surface area (TPSA) is 98.5 Å². The van der Waals surface area contributed by atoms with E-state index in [4.69, 9.17) is 4.74 Å². The Hall–Kier alpha value is -2.74. The van der Waals surface area contributed by atoms with E-state index in [0.717, 1.165) is 10.0 Å². The summed E-state index contributed by atoms with van der Waals surface area (Å²) in [6.45, 7) is 0. The van der Waals surface area contributed by atoms with Crippen LogP contribution in [-0.2, 0) is 20.7 Å². The number of non-ortho nitro benzene ring substituents is 1. The molecule has 2 aromatic rings. The van der Waals surface area contributed by atoms with Gasteiger partial charge in [0.25, 0.3) is 5.69 Å². The summed E-state index contributed by atoms with van der Waals surface area (Å²) < 4.78 is 5.58. The van der Waals surface area contributed by atoms with E-state index in [0.29, 0.717) is 5.56 Å². The average molecular weight is 421 g/mol. The first-order valence-corrected chi connectivity index (χ1v) is 8.53. The van der Waals surface area contributed by atoms with Crippen molar-refractivity contribution < 1.29 is 19.2 Å². The number of ether oxygens (including phenoxy) is 1. The molecule has 2 rings (SSSR count). The summed E-state index contributed by atoms with van der Waals surface area (Å²) in [6.07, 6.45) is 0.0519. The van der Waals surface area contributed by atoms with Crippen molar-refractivity contribution >= 4 is 33.5 Å². The maximum absolute atomic E-state index is 12.3. The lowest BCUT2D eigenvalue weighted by Crippen LogP contribution is -2.31. The van der Waals surface area contributed by atoms with Crippen LogP contribution in [0.15, 0.2) is 53.0 Å². The number of hydrogen-bond acceptors (Lipinski definition) is 5. The number of methoxy groups -OCH3 is 1. The van der Waals surface area contributed by atoms with Crippen molar-refractivity contribution in [2.75, 3.05) is 7.11 Å². The van der Waals surface area contributed by atoms with Gasteiger partial charge in [-0.1, -0.05) is 40.2 Å². The molecule has 0 aliphatic carbocycles. The fourth-order valence-electron chi connectivity index (χ4n) is 2.36. The van der Waals surface area contributed by atoms with Crippen LogP contribution in [0.5, 0.6) is 0 Å². The van der Waals surface area contributed by atoms with Crippen LogP contribution in [-0.4, -0.2) is 23.9 Å². The number of rotatable bonds is 7. The summed E-state index contributed by atoms with van der Waals surface area (Å²) >= 11 is 3.34. The number of halogens is 1. The van der Waals surface area contributed by atoms with Crippen LogP contribution in [0.25, 0.3) is 0 Å². The summed E-state index contributed by atoms with van der Waals surface area (Å²) in [5, 5.41) is 13.5. The lowest BCUT2D eigenvalue weighted by atomic mass is 10.0. The second kappa shape index (κ2) is 9.10. The highest BCUT2D eigenvalue weighted by Crippen LogP contribution is 2.21. The van der Waals surface area contributed by atoms with E-state index in [1.807, 2.05) is 24.3 Å². The van der Waals surface area contributed by atoms with Crippen LogP contribution in [0, 0.1) is 10.1 Å². The molecule has 26 heavy (non-hydrogen) atoms. The van der Waals surface area contributed by atoms with E-state index >= 15 is 0 Å². The van der Waals surface area contributed by atoms with Crippen molar-refractivity contribution in [3.05, 3.63) is 74.2 Å². The minimum Gasteiger partial charge on any atom is -0.469 e. The van der Waals surface area contributed by atoms with E-state index in [-0.39, 0.29) is 24.4 Å². The zero-order chi connectivity index (χ0) is 19.1. The Kier molecular flexibility index (Phi) is 6.85. The Morgan fingerprint density at radius 1 is 1.15 bits per heavy atom. The standard InChI is InChI=1S/C18H17BrN2O5/c1-26-18(23)11-16(13-4-6-14(19)7-5-13)20-17(22)10-12-2-8-15(9-3-12)21(24)25/h2-9,16H,10-11H2,1H3,(H,20,22). The van der Waals surface area contributed by atoms with Gasteiger partial charge in [-0.3, -0.25) is 19.7 Å². The SMILES string of the molecule is COC(=O)CC(NC(=O)Cc1ccc([N+](=O)[O-])cc1)c1ccc(Br)cc1. The second-order valence-electron chi connectivity index (χ2n) is 5.55. The Morgan fingerprint density at radius 2 is 1.77 bits per heavy atom. The van der Waals surface area contributed by atoms with Gasteiger partial charge in [-0.15, -0.1) is 0 Å². The number of benzene rings is 2. The molecule has 0 heterocycles. The predicted octanol–water partition coefficient (Wildman–Crippen LogP) is 3.32. The third-order valence-electron chi connectivity index (χ3n) is 3.72. The lowest BCUT2D eigenvalue weighted by Gasteiger charge is -2.18. The molecule has 1 unspecified atom stereocenters. The number of esters is 1. The molecule has 8 heteroatoms. The monoisotopic (exact) mass is 420 g/mol. The molecule has 1 amide bonds. The molecule has 136 valence electrons. The number of nitrogens with one attached hydrogen (secondary N) is 1. The highest BCUT2D eigenvalue weighted by molar-refractivity contribution is 9.10. The van der Waals surface area contributed by atoms with E-state index in [1.165, 1.54) is 31.4 Å². The maximum Gasteiger partial charge on any atom is 0.307 e. The predicted molar refractivity (Wildman–Crippen MR) is 98.5 cm³/mol. The minimum atomic E-state index is -0.527. The Labute approximate surface area is 158 Å². The fraction of sp³-hybridized carbons (Fsp3) is 0.222. The zero-order valence-corrected chi connectivity index (χ0v) is 15.6. The van der Waals surface area contributed by atoms with Gasteiger partial charge in [-0.25, -0.2) is 0 Å². The number of nitro benzene ring substituents is 1. The molecule has 0 saturated carbocycles. The first-order chi connectivity index (χ1) is 12.4. The van der Waals surface area contributed by atoms with Crippen LogP contribution in [0.1, 0.15) is 23.6 Å². The van der Waals surface area contributed by atoms with E-state index < -0.39 is 16.9 Å². The maximum atomic E-state index is 12.3. The first-order valence-electron chi connectivity index (χ1n) is 7.74. The number of carbonyl (C=O) groups is 2. The van der Waals surface area contributed by atoms with Crippen LogP contribution in [0.3, 0.4) is 0 Å². The van der Waals surface area contributed by atoms with Gasteiger partial charge in [-0.2, -0.15) is 0 Å². The summed E-state index contributed by atoms with van der Waals surface area (Å²) in [4.78, 5) is 34.2. The molecule has 0 bridgehead atoms. The molecule has 1 N–H and O–H groups in total. The van der Waals surface area contributed by atoms with E-state index in [1.54, 1.807) is 0 Å². The van der Waals surface area contributed by atoms with E-state index in [9.17, 15) is 19.7 Å². The summed E-state index contributed by atoms with van der Waals surface area (Å²) in [7, 11) is 1.29. The number of amides is 1. The van der Waals surface area contributed by atoms with Crippen LogP contribution < -0.4 is 5.32 Å². The normalized spacial score (nSPS) is 11.5. The summed E-state index contributed by atoms with van der Waals surface area (Å²) in [5.41, 5.74) is 1.38. The van der Waals surface area contributed by atoms with E-state index in [2.05, 4.69) is 21.2 Å². The average Bonchev–Trinajstić information content (AvgIpc) is 2.62. The van der Waals surface area contributed by atoms with Crippen molar-refractivity contribution in [1.29, 1.82) is 0 Å². The highest BCUT2D eigenvalue weighted by atomic mass is 79.9. The second-order valence-corrected chi connectivity index (χ2v) is 6.47. The Morgan fingerprint density at radius 3 is 2.31 bits per heavy atom. The van der Waals surface area contributed by atoms with Gasteiger partial charge in [0.15, 0.2) is 0 Å². The van der Waals surface area contributed by atoms with Crippen molar-refractivity contribution in [2.45, 2.75) is 18.9 Å². The molecule has 2 aromatic carbocycles. The number of hydrogen-bond donors (Lipinski definition) is 1. The van der Waals surface area contributed by atoms with Crippen molar-refractivity contribution in [3.8, 4) is 0 Å². The van der Waals surface area contributed by atoms with Gasteiger partial charge in [0.05, 0.1) is 30.9 Å². The van der Waals surface area contributed by atoms with Crippen molar-refractivity contribution in [2.24, 2.45) is 0 Å². The molecule has 0 aromatic heterocycles. The quantitative estimate of drug-likeness (QED) is 0.420. The smallest absolute Gasteiger partial charge is 0.307 e. The number of carbonyl (C=O) groups excluding carboxylic acids is 2. The molecule has 7 nitrogen and oxygen atoms in total. The molecule has 0 fully saturated rings. The molecule has 0 aliphatic heterocycles. The molecule has 0 radical (unpaired) electrons. The van der Waals surface area contributed by atoms with Crippen molar-refractivity contribution in [1.82, 2.24) is 5.32 Å². The molecule has 1 atom stereocenters. The molecule has 0 saturated heterocycles. The largest absolute Gasteiger partial charge is 0.469 e. The molecule has 0 spiro atoms.